The summed E-state index contributed by atoms with van der Waals surface area (Å²) in [4.78, 5) is 26.0. The molecule has 16 heavy (non-hydrogen) atoms. The summed E-state index contributed by atoms with van der Waals surface area (Å²) in [6.45, 7) is 2.14. The molecule has 0 spiro atoms. The second-order valence-corrected chi connectivity index (χ2v) is 3.52. The van der Waals surface area contributed by atoms with Crippen LogP contribution in [0.3, 0.4) is 0 Å². The number of esters is 1. The molecular formula is C11H11NO4. The lowest BCUT2D eigenvalue weighted by molar-refractivity contribution is -0.143. The van der Waals surface area contributed by atoms with Gasteiger partial charge in [0.15, 0.2) is 12.4 Å². The Morgan fingerprint density at radius 2 is 2.38 bits per heavy atom. The van der Waals surface area contributed by atoms with Crippen molar-refractivity contribution in [2.75, 3.05) is 6.61 Å². The number of carbonyl (C=O) groups is 2. The number of aryl methyl sites for hydroxylation is 1. The van der Waals surface area contributed by atoms with Gasteiger partial charge in [-0.1, -0.05) is 0 Å². The smallest absolute Gasteiger partial charge is 0.347 e. The minimum atomic E-state index is -0.622. The summed E-state index contributed by atoms with van der Waals surface area (Å²) < 4.78 is 10.2. The molecule has 1 aliphatic heterocycles. The fraction of sp³-hybridized carbons (Fsp3) is 0.364. The first-order chi connectivity index (χ1) is 7.70. The normalized spacial score (nSPS) is 19.3. The van der Waals surface area contributed by atoms with Crippen LogP contribution in [0, 0.1) is 6.92 Å². The van der Waals surface area contributed by atoms with Gasteiger partial charge in [0, 0.05) is 12.1 Å². The summed E-state index contributed by atoms with van der Waals surface area (Å²) in [5, 5.41) is 0. The van der Waals surface area contributed by atoms with Gasteiger partial charge in [-0.2, -0.15) is 0 Å². The molecule has 1 aromatic rings. The number of ether oxygens (including phenoxy) is 2. The third-order valence-corrected chi connectivity index (χ3v) is 2.29. The molecule has 1 fully saturated rings. The first-order valence-electron chi connectivity index (χ1n) is 4.97. The zero-order valence-corrected chi connectivity index (χ0v) is 8.80. The molecule has 1 aliphatic rings. The molecule has 1 saturated heterocycles. The first kappa shape index (κ1) is 10.6. The van der Waals surface area contributed by atoms with Crippen molar-refractivity contribution in [2.45, 2.75) is 19.4 Å². The van der Waals surface area contributed by atoms with Gasteiger partial charge in [0.1, 0.15) is 11.4 Å². The Morgan fingerprint density at radius 1 is 1.56 bits per heavy atom. The van der Waals surface area contributed by atoms with E-state index in [1.165, 1.54) is 0 Å². The van der Waals surface area contributed by atoms with E-state index in [4.69, 9.17) is 9.47 Å². The monoisotopic (exact) mass is 221 g/mol. The SMILES string of the molecule is Cc1ccc(OC2CCOC2=O)c(C=O)n1. The summed E-state index contributed by atoms with van der Waals surface area (Å²) in [7, 11) is 0. The molecule has 5 nitrogen and oxygen atoms in total. The largest absolute Gasteiger partial charge is 0.476 e. The van der Waals surface area contributed by atoms with Crippen molar-refractivity contribution in [3.63, 3.8) is 0 Å². The van der Waals surface area contributed by atoms with Crippen LogP contribution in [0.1, 0.15) is 22.6 Å². The van der Waals surface area contributed by atoms with Crippen LogP contribution in [-0.2, 0) is 9.53 Å². The number of carbonyl (C=O) groups excluding carboxylic acids is 2. The van der Waals surface area contributed by atoms with Crippen LogP contribution in [0.5, 0.6) is 5.75 Å². The summed E-state index contributed by atoms with van der Waals surface area (Å²) in [5.74, 6) is -0.0677. The van der Waals surface area contributed by atoms with E-state index >= 15 is 0 Å². The summed E-state index contributed by atoms with van der Waals surface area (Å²) in [5.41, 5.74) is 0.933. The van der Waals surface area contributed by atoms with E-state index in [1.807, 2.05) is 0 Å². The zero-order valence-electron chi connectivity index (χ0n) is 8.80. The highest BCUT2D eigenvalue weighted by Gasteiger charge is 2.29. The minimum absolute atomic E-state index is 0.208. The molecule has 2 rings (SSSR count). The van der Waals surface area contributed by atoms with Crippen LogP contribution >= 0.6 is 0 Å². The lowest BCUT2D eigenvalue weighted by Gasteiger charge is -2.11. The Bertz CT molecular complexity index is 430. The summed E-state index contributed by atoms with van der Waals surface area (Å²) in [6.07, 6.45) is 0.497. The van der Waals surface area contributed by atoms with Crippen molar-refractivity contribution in [3.05, 3.63) is 23.5 Å². The van der Waals surface area contributed by atoms with Crippen LogP contribution < -0.4 is 4.74 Å². The van der Waals surface area contributed by atoms with Gasteiger partial charge in [0.25, 0.3) is 0 Å². The number of cyclic esters (lactones) is 1. The minimum Gasteiger partial charge on any atom is -0.476 e. The Balaban J connectivity index is 2.20. The van der Waals surface area contributed by atoms with Gasteiger partial charge >= 0.3 is 5.97 Å². The van der Waals surface area contributed by atoms with E-state index in [-0.39, 0.29) is 5.69 Å². The lowest BCUT2D eigenvalue weighted by Crippen LogP contribution is -2.22. The molecule has 1 atom stereocenters. The van der Waals surface area contributed by atoms with Crippen LogP contribution in [0.2, 0.25) is 0 Å². The Morgan fingerprint density at radius 3 is 3.00 bits per heavy atom. The van der Waals surface area contributed by atoms with E-state index in [1.54, 1.807) is 19.1 Å². The van der Waals surface area contributed by atoms with Crippen molar-refractivity contribution >= 4 is 12.3 Å². The van der Waals surface area contributed by atoms with Gasteiger partial charge in [-0.05, 0) is 19.1 Å². The highest BCUT2D eigenvalue weighted by Crippen LogP contribution is 2.20. The average Bonchev–Trinajstić information content (AvgIpc) is 2.67. The molecule has 84 valence electrons. The third-order valence-electron chi connectivity index (χ3n) is 2.29. The molecule has 0 amide bonds. The fourth-order valence-electron chi connectivity index (χ4n) is 1.49. The Labute approximate surface area is 92.4 Å². The number of hydrogen-bond acceptors (Lipinski definition) is 5. The average molecular weight is 221 g/mol. The van der Waals surface area contributed by atoms with Crippen LogP contribution in [0.25, 0.3) is 0 Å². The third kappa shape index (κ3) is 2.03. The van der Waals surface area contributed by atoms with E-state index < -0.39 is 12.1 Å². The van der Waals surface area contributed by atoms with Gasteiger partial charge in [-0.15, -0.1) is 0 Å². The summed E-state index contributed by atoms with van der Waals surface area (Å²) in [6, 6.07) is 3.36. The zero-order chi connectivity index (χ0) is 11.5. The number of hydrogen-bond donors (Lipinski definition) is 0. The molecule has 0 N–H and O–H groups in total. The topological polar surface area (TPSA) is 65.5 Å². The van der Waals surface area contributed by atoms with Crippen molar-refractivity contribution < 1.29 is 19.1 Å². The summed E-state index contributed by atoms with van der Waals surface area (Å²) >= 11 is 0. The van der Waals surface area contributed by atoms with E-state index in [2.05, 4.69) is 4.98 Å². The quantitative estimate of drug-likeness (QED) is 0.560. The van der Waals surface area contributed by atoms with Gasteiger partial charge in [-0.3, -0.25) is 4.79 Å². The second kappa shape index (κ2) is 4.30. The molecular weight excluding hydrogens is 210 g/mol. The number of nitrogens with zero attached hydrogens (tertiary/aromatic N) is 1. The van der Waals surface area contributed by atoms with E-state index in [9.17, 15) is 9.59 Å². The number of pyridine rings is 1. The second-order valence-electron chi connectivity index (χ2n) is 3.52. The van der Waals surface area contributed by atoms with Crippen LogP contribution in [0.15, 0.2) is 12.1 Å². The molecule has 2 heterocycles. The molecule has 1 unspecified atom stereocenters. The number of rotatable bonds is 3. The molecule has 0 aromatic carbocycles. The van der Waals surface area contributed by atoms with Crippen molar-refractivity contribution in [1.82, 2.24) is 4.98 Å². The molecule has 0 aliphatic carbocycles. The number of aldehydes is 1. The lowest BCUT2D eigenvalue weighted by atomic mass is 10.2. The van der Waals surface area contributed by atoms with Crippen molar-refractivity contribution in [3.8, 4) is 5.75 Å². The molecule has 0 saturated carbocycles. The van der Waals surface area contributed by atoms with E-state index in [0.717, 1.165) is 5.69 Å². The van der Waals surface area contributed by atoms with Gasteiger partial charge in [0.05, 0.1) is 6.61 Å². The molecule has 1 aromatic heterocycles. The highest BCUT2D eigenvalue weighted by atomic mass is 16.6. The molecule has 5 heteroatoms. The Kier molecular flexibility index (Phi) is 2.85. The van der Waals surface area contributed by atoms with Gasteiger partial charge < -0.3 is 9.47 Å². The Hall–Kier alpha value is -1.91. The first-order valence-corrected chi connectivity index (χ1v) is 4.97. The highest BCUT2D eigenvalue weighted by molar-refractivity contribution is 5.79. The maximum Gasteiger partial charge on any atom is 0.347 e. The van der Waals surface area contributed by atoms with Crippen LogP contribution in [-0.4, -0.2) is 30.0 Å². The standard InChI is InChI=1S/C11H11NO4/c1-7-2-3-9(8(6-13)12-7)16-10-4-5-15-11(10)14/h2-3,6,10H,4-5H2,1H3. The predicted molar refractivity (Wildman–Crippen MR) is 54.4 cm³/mol. The van der Waals surface area contributed by atoms with Crippen molar-refractivity contribution in [2.24, 2.45) is 0 Å². The maximum atomic E-state index is 11.2. The fourth-order valence-corrected chi connectivity index (χ4v) is 1.49. The van der Waals surface area contributed by atoms with Gasteiger partial charge in [-0.25, -0.2) is 9.78 Å². The number of aromatic nitrogens is 1. The molecule has 0 bridgehead atoms. The van der Waals surface area contributed by atoms with Crippen LogP contribution in [0.4, 0.5) is 0 Å². The van der Waals surface area contributed by atoms with Crippen molar-refractivity contribution in [1.29, 1.82) is 0 Å². The maximum absolute atomic E-state index is 11.2. The van der Waals surface area contributed by atoms with E-state index in [0.29, 0.717) is 25.1 Å². The predicted octanol–water partition coefficient (Wildman–Crippen LogP) is 0.897. The van der Waals surface area contributed by atoms with Gasteiger partial charge in [0.2, 0.25) is 0 Å². The molecule has 0 radical (unpaired) electrons.